The van der Waals surface area contributed by atoms with Gasteiger partial charge in [0.15, 0.2) is 5.17 Å². The first-order valence-corrected chi connectivity index (χ1v) is 8.42. The topological polar surface area (TPSA) is 67.8 Å². The van der Waals surface area contributed by atoms with Gasteiger partial charge in [0.1, 0.15) is 10.6 Å². The first kappa shape index (κ1) is 14.2. The fraction of sp³-hybridized carbons (Fsp3) is 0.417. The molecule has 7 heteroatoms. The fourth-order valence-electron chi connectivity index (χ4n) is 1.62. The lowest BCUT2D eigenvalue weighted by atomic mass is 10.3. The summed E-state index contributed by atoms with van der Waals surface area (Å²) in [5.74, 6) is 1.35. The van der Waals surface area contributed by atoms with Crippen molar-refractivity contribution < 1.29 is 13.2 Å². The predicted octanol–water partition coefficient (Wildman–Crippen LogP) is 2.70. The monoisotopic (exact) mass is 300 g/mol. The van der Waals surface area contributed by atoms with E-state index in [4.69, 9.17) is 4.74 Å². The molecular formula is C12H16N2O3S2. The van der Waals surface area contributed by atoms with E-state index in [-0.39, 0.29) is 4.90 Å². The van der Waals surface area contributed by atoms with Gasteiger partial charge in [0.25, 0.3) is 10.0 Å². The van der Waals surface area contributed by atoms with Crippen LogP contribution >= 0.6 is 11.8 Å². The van der Waals surface area contributed by atoms with Gasteiger partial charge < -0.3 is 10.1 Å². The first-order chi connectivity index (χ1) is 9.06. The van der Waals surface area contributed by atoms with Gasteiger partial charge in [-0.3, -0.25) is 0 Å². The summed E-state index contributed by atoms with van der Waals surface area (Å²) in [6, 6.07) is 4.90. The van der Waals surface area contributed by atoms with Gasteiger partial charge in [-0.1, -0.05) is 25.1 Å². The lowest BCUT2D eigenvalue weighted by Crippen LogP contribution is -2.19. The van der Waals surface area contributed by atoms with Crippen LogP contribution in [0.5, 0.6) is 5.75 Å². The van der Waals surface area contributed by atoms with Crippen molar-refractivity contribution >= 4 is 32.6 Å². The Kier molecular flexibility index (Phi) is 4.36. The molecule has 1 aromatic carbocycles. The van der Waals surface area contributed by atoms with Gasteiger partial charge in [-0.2, -0.15) is 8.42 Å². The number of methoxy groups -OCH3 is 1. The molecule has 0 saturated carbocycles. The third-order valence-corrected chi connectivity index (χ3v) is 5.04. The summed E-state index contributed by atoms with van der Waals surface area (Å²) in [7, 11) is -2.14. The standard InChI is InChI=1S/C12H16N2O3S2/c1-3-4-7-18-12-13-10-6-5-9(17-2)8-11(10)19(15,16)14-12/h5-6,8H,3-4,7H2,1-2H3,(H,13,14). The minimum Gasteiger partial charge on any atom is -0.497 e. The highest BCUT2D eigenvalue weighted by Gasteiger charge is 2.25. The minimum absolute atomic E-state index is 0.159. The number of nitrogens with zero attached hydrogens (tertiary/aromatic N) is 1. The van der Waals surface area contributed by atoms with Crippen LogP contribution in [0.1, 0.15) is 19.8 Å². The number of hydrogen-bond acceptors (Lipinski definition) is 5. The molecule has 0 radical (unpaired) electrons. The smallest absolute Gasteiger partial charge is 0.286 e. The molecule has 1 aliphatic heterocycles. The average molecular weight is 300 g/mol. The zero-order valence-corrected chi connectivity index (χ0v) is 12.5. The summed E-state index contributed by atoms with van der Waals surface area (Å²) >= 11 is 1.43. The number of rotatable bonds is 4. The second kappa shape index (κ2) is 5.83. The van der Waals surface area contributed by atoms with E-state index < -0.39 is 10.0 Å². The van der Waals surface area contributed by atoms with Gasteiger partial charge in [-0.05, 0) is 18.6 Å². The maximum atomic E-state index is 12.1. The van der Waals surface area contributed by atoms with Gasteiger partial charge in [-0.25, -0.2) is 0 Å². The number of thioether (sulfide) groups is 1. The summed E-state index contributed by atoms with van der Waals surface area (Å²) in [6.07, 6.45) is 2.10. The van der Waals surface area contributed by atoms with Crippen molar-refractivity contribution in [3.8, 4) is 5.75 Å². The molecule has 0 aliphatic carbocycles. The Balaban J connectivity index is 2.27. The molecule has 0 atom stereocenters. The Hall–Kier alpha value is -1.21. The zero-order valence-electron chi connectivity index (χ0n) is 10.8. The quantitative estimate of drug-likeness (QED) is 0.866. The molecule has 0 aromatic heterocycles. The third kappa shape index (κ3) is 3.22. The van der Waals surface area contributed by atoms with Crippen molar-refractivity contribution in [2.45, 2.75) is 24.7 Å². The molecule has 2 rings (SSSR count). The third-order valence-electron chi connectivity index (χ3n) is 2.65. The second-order valence-corrected chi connectivity index (χ2v) is 6.72. The fourth-order valence-corrected chi connectivity index (χ4v) is 3.96. The van der Waals surface area contributed by atoms with Gasteiger partial charge >= 0.3 is 0 Å². The van der Waals surface area contributed by atoms with Gasteiger partial charge in [0.05, 0.1) is 12.8 Å². The highest BCUT2D eigenvalue weighted by Crippen LogP contribution is 2.32. The zero-order chi connectivity index (χ0) is 13.9. The van der Waals surface area contributed by atoms with Gasteiger partial charge in [-0.15, -0.1) is 4.40 Å². The summed E-state index contributed by atoms with van der Waals surface area (Å²) in [6.45, 7) is 2.09. The number of benzene rings is 1. The van der Waals surface area contributed by atoms with Crippen LogP contribution in [0.4, 0.5) is 5.69 Å². The van der Waals surface area contributed by atoms with Crippen molar-refractivity contribution in [1.82, 2.24) is 0 Å². The maximum absolute atomic E-state index is 12.1. The highest BCUT2D eigenvalue weighted by molar-refractivity contribution is 8.14. The number of ether oxygens (including phenoxy) is 1. The molecule has 104 valence electrons. The Morgan fingerprint density at radius 2 is 2.21 bits per heavy atom. The molecule has 1 aliphatic rings. The van der Waals surface area contributed by atoms with E-state index in [1.807, 2.05) is 0 Å². The van der Waals surface area contributed by atoms with Crippen molar-refractivity contribution in [2.24, 2.45) is 4.40 Å². The molecule has 0 fully saturated rings. The molecular weight excluding hydrogens is 284 g/mol. The Labute approximate surface area is 117 Å². The van der Waals surface area contributed by atoms with E-state index >= 15 is 0 Å². The molecule has 0 bridgehead atoms. The van der Waals surface area contributed by atoms with E-state index in [9.17, 15) is 8.42 Å². The van der Waals surface area contributed by atoms with Crippen LogP contribution in [0.2, 0.25) is 0 Å². The number of nitrogens with one attached hydrogen (secondary N) is 1. The number of unbranched alkanes of at least 4 members (excludes halogenated alkanes) is 1. The van der Waals surface area contributed by atoms with Crippen LogP contribution < -0.4 is 10.1 Å². The van der Waals surface area contributed by atoms with Crippen molar-refractivity contribution in [3.63, 3.8) is 0 Å². The second-order valence-electron chi connectivity index (χ2n) is 4.06. The molecule has 1 aromatic rings. The van der Waals surface area contributed by atoms with E-state index in [0.29, 0.717) is 16.6 Å². The molecule has 0 unspecified atom stereocenters. The largest absolute Gasteiger partial charge is 0.497 e. The number of fused-ring (bicyclic) bond motifs is 1. The van der Waals surface area contributed by atoms with Crippen LogP contribution in [-0.2, 0) is 10.0 Å². The number of anilines is 1. The molecule has 1 N–H and O–H groups in total. The lowest BCUT2D eigenvalue weighted by molar-refractivity contribution is 0.413. The van der Waals surface area contributed by atoms with E-state index in [0.717, 1.165) is 18.6 Å². The molecule has 0 amide bonds. The van der Waals surface area contributed by atoms with Crippen molar-refractivity contribution in [3.05, 3.63) is 18.2 Å². The SMILES string of the molecule is CCCCSC1=NS(=O)(=O)c2cc(OC)ccc2N1. The number of amidine groups is 1. The van der Waals surface area contributed by atoms with Gasteiger partial charge in [0, 0.05) is 11.8 Å². The molecule has 1 heterocycles. The predicted molar refractivity (Wildman–Crippen MR) is 78.6 cm³/mol. The van der Waals surface area contributed by atoms with Crippen LogP contribution in [0.25, 0.3) is 0 Å². The van der Waals surface area contributed by atoms with Crippen LogP contribution in [0.15, 0.2) is 27.5 Å². The highest BCUT2D eigenvalue weighted by atomic mass is 32.2. The van der Waals surface area contributed by atoms with E-state index in [1.54, 1.807) is 12.1 Å². The summed E-state index contributed by atoms with van der Waals surface area (Å²) in [4.78, 5) is 0.159. The summed E-state index contributed by atoms with van der Waals surface area (Å²) in [5, 5.41) is 3.48. The van der Waals surface area contributed by atoms with Crippen LogP contribution in [0.3, 0.4) is 0 Å². The van der Waals surface area contributed by atoms with Crippen molar-refractivity contribution in [2.75, 3.05) is 18.2 Å². The first-order valence-electron chi connectivity index (χ1n) is 5.99. The minimum atomic E-state index is -3.64. The molecule has 0 saturated heterocycles. The Morgan fingerprint density at radius 3 is 2.89 bits per heavy atom. The summed E-state index contributed by atoms with van der Waals surface area (Å²) < 4.78 is 33.0. The summed E-state index contributed by atoms with van der Waals surface area (Å²) in [5.41, 5.74) is 0.551. The molecule has 19 heavy (non-hydrogen) atoms. The maximum Gasteiger partial charge on any atom is 0.286 e. The normalized spacial score (nSPS) is 16.2. The van der Waals surface area contributed by atoms with Crippen molar-refractivity contribution in [1.29, 1.82) is 0 Å². The van der Waals surface area contributed by atoms with Gasteiger partial charge in [0.2, 0.25) is 0 Å². The van der Waals surface area contributed by atoms with Crippen LogP contribution in [-0.4, -0.2) is 26.4 Å². The number of sulfonamides is 1. The molecule has 0 spiro atoms. The average Bonchev–Trinajstić information content (AvgIpc) is 2.38. The van der Waals surface area contributed by atoms with E-state index in [2.05, 4.69) is 16.6 Å². The number of hydrogen-bond donors (Lipinski definition) is 1. The Morgan fingerprint density at radius 1 is 1.42 bits per heavy atom. The lowest BCUT2D eigenvalue weighted by Gasteiger charge is -2.18. The van der Waals surface area contributed by atoms with Crippen LogP contribution in [0, 0.1) is 0 Å². The molecule has 5 nitrogen and oxygen atoms in total. The Bertz CT molecular complexity index is 597. The van der Waals surface area contributed by atoms with E-state index in [1.165, 1.54) is 24.9 Å².